The molecule has 2 aliphatic rings. The van der Waals surface area contributed by atoms with E-state index in [4.69, 9.17) is 10.7 Å². The van der Waals surface area contributed by atoms with Crippen molar-refractivity contribution in [3.05, 3.63) is 40.3 Å². The number of halogens is 2. The number of nitrogens with one attached hydrogen (secondary N) is 1. The Kier molecular flexibility index (Phi) is 7.21. The number of aromatic nitrogens is 2. The van der Waals surface area contributed by atoms with Crippen LogP contribution in [0.25, 0.3) is 0 Å². The number of thioether (sulfide) groups is 1. The second-order valence-electron chi connectivity index (χ2n) is 6.86. The van der Waals surface area contributed by atoms with Crippen LogP contribution in [0.15, 0.2) is 29.8 Å². The summed E-state index contributed by atoms with van der Waals surface area (Å²) in [4.78, 5) is 13.0. The van der Waals surface area contributed by atoms with E-state index in [1.807, 2.05) is 23.6 Å². The molecule has 5 nitrogen and oxygen atoms in total. The zero-order chi connectivity index (χ0) is 16.7. The second-order valence-corrected chi connectivity index (χ2v) is 8.98. The fraction of sp³-hybridized carbons (Fsp3) is 0.529. The van der Waals surface area contributed by atoms with Crippen LogP contribution in [0.2, 0.25) is 0 Å². The summed E-state index contributed by atoms with van der Waals surface area (Å²) < 4.78 is 0. The van der Waals surface area contributed by atoms with Crippen LogP contribution >= 0.6 is 47.9 Å². The van der Waals surface area contributed by atoms with Crippen molar-refractivity contribution in [2.75, 3.05) is 23.7 Å². The van der Waals surface area contributed by atoms with Crippen molar-refractivity contribution in [3.63, 3.8) is 0 Å². The first kappa shape index (κ1) is 21.7. The van der Waals surface area contributed by atoms with E-state index < -0.39 is 0 Å². The standard InChI is InChI=1S/C17H23N5S2.2ClH/c1-11(2)13-5-6-19-16(20-13)22-8-12-9-24-15(18)21-17(12,10-22)14-4-3-7-23-14;;/h3-7,11-12,15,21H,8-10,18H2,1-2H3;2*1H/t12-,15?,17-;;/m0../s1. The maximum absolute atomic E-state index is 6.24. The Morgan fingerprint density at radius 2 is 2.15 bits per heavy atom. The molecule has 1 unspecified atom stereocenters. The zero-order valence-electron chi connectivity index (χ0n) is 14.8. The average Bonchev–Trinajstić information content (AvgIpc) is 3.22. The lowest BCUT2D eigenvalue weighted by atomic mass is 9.86. The Bertz CT molecular complexity index is 715. The van der Waals surface area contributed by atoms with Gasteiger partial charge in [0.1, 0.15) is 5.50 Å². The summed E-state index contributed by atoms with van der Waals surface area (Å²) in [5.74, 6) is 2.82. The van der Waals surface area contributed by atoms with Crippen molar-refractivity contribution in [2.24, 2.45) is 11.7 Å². The molecule has 0 amide bonds. The van der Waals surface area contributed by atoms with Crippen LogP contribution in [0.3, 0.4) is 0 Å². The Hall–Kier alpha value is -0.570. The summed E-state index contributed by atoms with van der Waals surface area (Å²) in [5, 5.41) is 5.83. The van der Waals surface area contributed by atoms with Crippen LogP contribution < -0.4 is 16.0 Å². The monoisotopic (exact) mass is 433 g/mol. The summed E-state index contributed by atoms with van der Waals surface area (Å²) in [7, 11) is 0. The Labute approximate surface area is 175 Å². The molecular weight excluding hydrogens is 409 g/mol. The molecule has 2 aliphatic heterocycles. The number of hydrogen-bond donors (Lipinski definition) is 2. The molecule has 0 aliphatic carbocycles. The van der Waals surface area contributed by atoms with Gasteiger partial charge in [-0.3, -0.25) is 5.32 Å². The first-order valence-corrected chi connectivity index (χ1v) is 10.3. The van der Waals surface area contributed by atoms with Crippen molar-refractivity contribution in [2.45, 2.75) is 30.8 Å². The third-order valence-electron chi connectivity index (χ3n) is 4.95. The largest absolute Gasteiger partial charge is 0.338 e. The Morgan fingerprint density at radius 1 is 1.35 bits per heavy atom. The highest BCUT2D eigenvalue weighted by Gasteiger charge is 2.52. The van der Waals surface area contributed by atoms with Crippen LogP contribution in [-0.2, 0) is 5.54 Å². The highest BCUT2D eigenvalue weighted by atomic mass is 35.5. The van der Waals surface area contributed by atoms with Gasteiger partial charge in [-0.1, -0.05) is 19.9 Å². The Morgan fingerprint density at radius 3 is 2.85 bits per heavy atom. The first-order chi connectivity index (χ1) is 11.6. The van der Waals surface area contributed by atoms with Gasteiger partial charge in [-0.15, -0.1) is 47.9 Å². The van der Waals surface area contributed by atoms with E-state index in [0.717, 1.165) is 30.5 Å². The molecule has 4 heterocycles. The topological polar surface area (TPSA) is 67.1 Å². The number of anilines is 1. The number of nitrogens with zero attached hydrogens (tertiary/aromatic N) is 3. The lowest BCUT2D eigenvalue weighted by molar-refractivity contribution is 0.280. The van der Waals surface area contributed by atoms with E-state index in [9.17, 15) is 0 Å². The summed E-state index contributed by atoms with van der Waals surface area (Å²) in [6, 6.07) is 6.36. The molecule has 3 atom stereocenters. The van der Waals surface area contributed by atoms with Crippen LogP contribution in [-0.4, -0.2) is 34.3 Å². The number of thiophene rings is 1. The van der Waals surface area contributed by atoms with Gasteiger partial charge >= 0.3 is 0 Å². The molecular formula is C17H25Cl2N5S2. The third kappa shape index (κ3) is 3.84. The quantitative estimate of drug-likeness (QED) is 0.772. The van der Waals surface area contributed by atoms with Gasteiger partial charge in [-0.05, 0) is 23.4 Å². The summed E-state index contributed by atoms with van der Waals surface area (Å²) in [6.45, 7) is 6.17. The number of rotatable bonds is 3. The SMILES string of the molecule is CC(C)c1ccnc(N2C[C@H]3CSC(N)N[C@@]3(c3cccs3)C2)n1.Cl.Cl. The molecule has 2 aromatic heterocycles. The zero-order valence-corrected chi connectivity index (χ0v) is 18.1. The summed E-state index contributed by atoms with van der Waals surface area (Å²) in [5.41, 5.74) is 7.22. The lowest BCUT2D eigenvalue weighted by Crippen LogP contribution is -2.58. The molecule has 2 saturated heterocycles. The molecule has 0 saturated carbocycles. The predicted molar refractivity (Wildman–Crippen MR) is 116 cm³/mol. The highest BCUT2D eigenvalue weighted by Crippen LogP contribution is 2.45. The van der Waals surface area contributed by atoms with E-state index in [0.29, 0.717) is 11.8 Å². The summed E-state index contributed by atoms with van der Waals surface area (Å²) >= 11 is 3.61. The van der Waals surface area contributed by atoms with Gasteiger partial charge in [0, 0.05) is 41.5 Å². The van der Waals surface area contributed by atoms with E-state index >= 15 is 0 Å². The normalized spacial score (nSPS) is 27.6. The molecule has 0 spiro atoms. The molecule has 2 aromatic rings. The van der Waals surface area contributed by atoms with Crippen molar-refractivity contribution >= 4 is 53.9 Å². The number of fused-ring (bicyclic) bond motifs is 1. The lowest BCUT2D eigenvalue weighted by Gasteiger charge is -2.41. The van der Waals surface area contributed by atoms with Gasteiger partial charge in [-0.25, -0.2) is 9.97 Å². The maximum Gasteiger partial charge on any atom is 0.225 e. The molecule has 26 heavy (non-hydrogen) atoms. The van der Waals surface area contributed by atoms with Crippen LogP contribution in [0.1, 0.15) is 30.3 Å². The van der Waals surface area contributed by atoms with Crippen molar-refractivity contribution < 1.29 is 0 Å². The molecule has 0 bridgehead atoms. The smallest absolute Gasteiger partial charge is 0.225 e. The van der Waals surface area contributed by atoms with Gasteiger partial charge in [0.25, 0.3) is 0 Å². The molecule has 144 valence electrons. The van der Waals surface area contributed by atoms with E-state index in [1.54, 1.807) is 11.8 Å². The minimum Gasteiger partial charge on any atom is -0.338 e. The van der Waals surface area contributed by atoms with Crippen molar-refractivity contribution in [1.82, 2.24) is 15.3 Å². The first-order valence-electron chi connectivity index (χ1n) is 8.35. The average molecular weight is 434 g/mol. The third-order valence-corrected chi connectivity index (χ3v) is 7.07. The van der Waals surface area contributed by atoms with Crippen LogP contribution in [0.5, 0.6) is 0 Å². The minimum atomic E-state index is -0.0873. The van der Waals surface area contributed by atoms with Crippen molar-refractivity contribution in [3.8, 4) is 0 Å². The van der Waals surface area contributed by atoms with E-state index in [1.165, 1.54) is 4.88 Å². The van der Waals surface area contributed by atoms with E-state index in [2.05, 4.69) is 46.6 Å². The molecule has 4 rings (SSSR count). The molecule has 2 fully saturated rings. The predicted octanol–water partition coefficient (Wildman–Crippen LogP) is 3.42. The second kappa shape index (κ2) is 8.63. The van der Waals surface area contributed by atoms with Crippen LogP contribution in [0.4, 0.5) is 5.95 Å². The van der Waals surface area contributed by atoms with Crippen LogP contribution in [0, 0.1) is 5.92 Å². The van der Waals surface area contributed by atoms with Gasteiger partial charge in [0.15, 0.2) is 0 Å². The molecule has 0 aromatic carbocycles. The van der Waals surface area contributed by atoms with Gasteiger partial charge in [-0.2, -0.15) is 0 Å². The number of nitrogens with two attached hydrogens (primary N) is 1. The fourth-order valence-electron chi connectivity index (χ4n) is 3.66. The van der Waals surface area contributed by atoms with Gasteiger partial charge in [0.2, 0.25) is 5.95 Å². The van der Waals surface area contributed by atoms with Crippen molar-refractivity contribution in [1.29, 1.82) is 0 Å². The number of hydrogen-bond acceptors (Lipinski definition) is 7. The van der Waals surface area contributed by atoms with E-state index in [-0.39, 0.29) is 35.9 Å². The highest BCUT2D eigenvalue weighted by molar-refractivity contribution is 7.99. The van der Waals surface area contributed by atoms with Gasteiger partial charge in [0.05, 0.1) is 5.54 Å². The summed E-state index contributed by atoms with van der Waals surface area (Å²) in [6.07, 6.45) is 1.88. The minimum absolute atomic E-state index is 0. The van der Waals surface area contributed by atoms with Gasteiger partial charge < -0.3 is 10.6 Å². The molecule has 3 N–H and O–H groups in total. The molecule has 0 radical (unpaired) electrons. The Balaban J connectivity index is 0.00000121. The maximum atomic E-state index is 6.24. The molecule has 9 heteroatoms. The fourth-order valence-corrected chi connectivity index (χ4v) is 5.75.